The molecule has 0 aromatic heterocycles. The highest BCUT2D eigenvalue weighted by Crippen LogP contribution is 2.23. The van der Waals surface area contributed by atoms with Crippen LogP contribution < -0.4 is 10.6 Å². The number of nitrogens with zero attached hydrogens (tertiary/aromatic N) is 1. The molecule has 2 rings (SSSR count). The monoisotopic (exact) mass is 329 g/mol. The van der Waals surface area contributed by atoms with Crippen LogP contribution in [0.3, 0.4) is 0 Å². The van der Waals surface area contributed by atoms with E-state index in [0.29, 0.717) is 22.5 Å². The van der Waals surface area contributed by atoms with E-state index >= 15 is 0 Å². The Bertz CT molecular complexity index is 476. The molecule has 0 spiro atoms. The van der Waals surface area contributed by atoms with Gasteiger partial charge in [-0.1, -0.05) is 23.2 Å². The Labute approximate surface area is 135 Å². The van der Waals surface area contributed by atoms with E-state index in [9.17, 15) is 4.79 Å². The fourth-order valence-corrected chi connectivity index (χ4v) is 3.21. The quantitative estimate of drug-likeness (QED) is 0.871. The third kappa shape index (κ3) is 5.38. The first-order valence-electron chi connectivity index (χ1n) is 7.26. The lowest BCUT2D eigenvalue weighted by Crippen LogP contribution is -2.38. The lowest BCUT2D eigenvalue weighted by atomic mass is 10.1. The van der Waals surface area contributed by atoms with Gasteiger partial charge in [-0.3, -0.25) is 4.90 Å². The standard InChI is InChI=1S/C15H21Cl2N3O/c1-2-18-15(21)19-8-11-3-4-20(9-11)10-12-5-13(16)7-14(17)6-12/h5-7,11H,2-4,8-10H2,1H3,(H2,18,19,21). The van der Waals surface area contributed by atoms with Gasteiger partial charge in [0.05, 0.1) is 0 Å². The Morgan fingerprint density at radius 1 is 1.29 bits per heavy atom. The van der Waals surface area contributed by atoms with Crippen molar-refractivity contribution in [2.75, 3.05) is 26.2 Å². The van der Waals surface area contributed by atoms with Gasteiger partial charge in [-0.05, 0) is 49.6 Å². The van der Waals surface area contributed by atoms with Crippen LogP contribution in [0.2, 0.25) is 10.0 Å². The van der Waals surface area contributed by atoms with Crippen LogP contribution in [0.25, 0.3) is 0 Å². The third-order valence-corrected chi connectivity index (χ3v) is 4.02. The van der Waals surface area contributed by atoms with Crippen LogP contribution in [0.5, 0.6) is 0 Å². The summed E-state index contributed by atoms with van der Waals surface area (Å²) in [7, 11) is 0. The SMILES string of the molecule is CCNC(=O)NCC1CCN(Cc2cc(Cl)cc(Cl)c2)C1. The van der Waals surface area contributed by atoms with E-state index in [2.05, 4.69) is 15.5 Å². The van der Waals surface area contributed by atoms with E-state index in [1.54, 1.807) is 6.07 Å². The molecule has 1 aromatic carbocycles. The summed E-state index contributed by atoms with van der Waals surface area (Å²) < 4.78 is 0. The van der Waals surface area contributed by atoms with E-state index in [1.165, 1.54) is 0 Å². The maximum atomic E-state index is 11.4. The second-order valence-corrected chi connectivity index (χ2v) is 6.28. The third-order valence-electron chi connectivity index (χ3n) is 3.59. The summed E-state index contributed by atoms with van der Waals surface area (Å²) in [5, 5.41) is 6.99. The number of carbonyl (C=O) groups is 1. The van der Waals surface area contributed by atoms with Crippen molar-refractivity contribution in [3.8, 4) is 0 Å². The molecule has 1 heterocycles. The van der Waals surface area contributed by atoms with Crippen molar-refractivity contribution in [1.29, 1.82) is 0 Å². The first-order chi connectivity index (χ1) is 10.1. The normalized spacial score (nSPS) is 18.7. The van der Waals surface area contributed by atoms with Gasteiger partial charge in [0.25, 0.3) is 0 Å². The van der Waals surface area contributed by atoms with Crippen molar-refractivity contribution < 1.29 is 4.79 Å². The minimum Gasteiger partial charge on any atom is -0.338 e. The molecule has 1 unspecified atom stereocenters. The van der Waals surface area contributed by atoms with Gasteiger partial charge in [-0.2, -0.15) is 0 Å². The molecule has 116 valence electrons. The molecule has 1 aromatic rings. The number of likely N-dealkylation sites (tertiary alicyclic amines) is 1. The second-order valence-electron chi connectivity index (χ2n) is 5.41. The zero-order valence-electron chi connectivity index (χ0n) is 12.2. The van der Waals surface area contributed by atoms with Crippen LogP contribution in [-0.4, -0.2) is 37.1 Å². The summed E-state index contributed by atoms with van der Waals surface area (Å²) >= 11 is 12.0. The Kier molecular flexibility index (Phi) is 6.15. The molecule has 6 heteroatoms. The summed E-state index contributed by atoms with van der Waals surface area (Å²) in [6.45, 7) is 6.14. The molecule has 0 aliphatic carbocycles. The van der Waals surface area contributed by atoms with Gasteiger partial charge in [0.2, 0.25) is 0 Å². The van der Waals surface area contributed by atoms with Crippen molar-refractivity contribution in [1.82, 2.24) is 15.5 Å². The minimum atomic E-state index is -0.0856. The van der Waals surface area contributed by atoms with Crippen LogP contribution in [-0.2, 0) is 6.54 Å². The Balaban J connectivity index is 1.78. The first-order valence-corrected chi connectivity index (χ1v) is 8.01. The van der Waals surface area contributed by atoms with E-state index in [-0.39, 0.29) is 6.03 Å². The van der Waals surface area contributed by atoms with Crippen LogP contribution in [0.15, 0.2) is 18.2 Å². The summed E-state index contributed by atoms with van der Waals surface area (Å²) in [5.41, 5.74) is 1.13. The largest absolute Gasteiger partial charge is 0.338 e. The maximum absolute atomic E-state index is 11.4. The van der Waals surface area contributed by atoms with Gasteiger partial charge in [0.1, 0.15) is 0 Å². The molecule has 1 fully saturated rings. The van der Waals surface area contributed by atoms with E-state index < -0.39 is 0 Å². The molecular weight excluding hydrogens is 309 g/mol. The van der Waals surface area contributed by atoms with Crippen molar-refractivity contribution in [3.05, 3.63) is 33.8 Å². The number of urea groups is 1. The van der Waals surface area contributed by atoms with Gasteiger partial charge in [0.15, 0.2) is 0 Å². The highest BCUT2D eigenvalue weighted by Gasteiger charge is 2.22. The van der Waals surface area contributed by atoms with Gasteiger partial charge < -0.3 is 10.6 Å². The predicted octanol–water partition coefficient (Wildman–Crippen LogP) is 3.13. The maximum Gasteiger partial charge on any atom is 0.314 e. The number of benzene rings is 1. The summed E-state index contributed by atoms with van der Waals surface area (Å²) in [4.78, 5) is 13.7. The molecular formula is C15H21Cl2N3O. The van der Waals surface area contributed by atoms with Gasteiger partial charge in [0, 0.05) is 36.2 Å². The average Bonchev–Trinajstić information content (AvgIpc) is 2.83. The molecule has 1 atom stereocenters. The average molecular weight is 330 g/mol. The summed E-state index contributed by atoms with van der Waals surface area (Å²) in [6.07, 6.45) is 1.10. The molecule has 1 aliphatic rings. The Hall–Kier alpha value is -0.970. The number of carbonyl (C=O) groups excluding carboxylic acids is 1. The predicted molar refractivity (Wildman–Crippen MR) is 86.9 cm³/mol. The smallest absolute Gasteiger partial charge is 0.314 e. The molecule has 0 saturated carbocycles. The Morgan fingerprint density at radius 3 is 2.67 bits per heavy atom. The van der Waals surface area contributed by atoms with Crippen LogP contribution in [0.4, 0.5) is 4.79 Å². The van der Waals surface area contributed by atoms with Gasteiger partial charge in [-0.25, -0.2) is 4.79 Å². The van der Waals surface area contributed by atoms with E-state index in [1.807, 2.05) is 19.1 Å². The minimum absolute atomic E-state index is 0.0856. The lowest BCUT2D eigenvalue weighted by molar-refractivity contribution is 0.239. The Morgan fingerprint density at radius 2 is 2.00 bits per heavy atom. The topological polar surface area (TPSA) is 44.4 Å². The number of nitrogens with one attached hydrogen (secondary N) is 2. The molecule has 0 bridgehead atoms. The summed E-state index contributed by atoms with van der Waals surface area (Å²) in [5.74, 6) is 0.502. The number of amides is 2. The zero-order chi connectivity index (χ0) is 15.2. The second kappa shape index (κ2) is 7.87. The molecule has 2 amide bonds. The van der Waals surface area contributed by atoms with Crippen LogP contribution >= 0.6 is 23.2 Å². The lowest BCUT2D eigenvalue weighted by Gasteiger charge is -2.17. The van der Waals surface area contributed by atoms with E-state index in [4.69, 9.17) is 23.2 Å². The highest BCUT2D eigenvalue weighted by atomic mass is 35.5. The number of hydrogen-bond acceptors (Lipinski definition) is 2. The van der Waals surface area contributed by atoms with Crippen LogP contribution in [0.1, 0.15) is 18.9 Å². The summed E-state index contributed by atoms with van der Waals surface area (Å²) in [6, 6.07) is 5.56. The molecule has 4 nitrogen and oxygen atoms in total. The van der Waals surface area contributed by atoms with Crippen molar-refractivity contribution in [2.45, 2.75) is 19.9 Å². The first kappa shape index (κ1) is 16.4. The number of hydrogen-bond donors (Lipinski definition) is 2. The molecule has 1 aliphatic heterocycles. The zero-order valence-corrected chi connectivity index (χ0v) is 13.7. The molecule has 21 heavy (non-hydrogen) atoms. The van der Waals surface area contributed by atoms with Crippen molar-refractivity contribution >= 4 is 29.2 Å². The molecule has 0 radical (unpaired) electrons. The van der Waals surface area contributed by atoms with Crippen LogP contribution in [0, 0.1) is 5.92 Å². The number of rotatable bonds is 5. The number of halogens is 2. The highest BCUT2D eigenvalue weighted by molar-refractivity contribution is 6.34. The van der Waals surface area contributed by atoms with Gasteiger partial charge in [-0.15, -0.1) is 0 Å². The van der Waals surface area contributed by atoms with E-state index in [0.717, 1.165) is 38.2 Å². The van der Waals surface area contributed by atoms with Gasteiger partial charge >= 0.3 is 6.03 Å². The molecule has 2 N–H and O–H groups in total. The van der Waals surface area contributed by atoms with Crippen molar-refractivity contribution in [3.63, 3.8) is 0 Å². The fraction of sp³-hybridized carbons (Fsp3) is 0.533. The molecule has 1 saturated heterocycles. The fourth-order valence-electron chi connectivity index (χ4n) is 2.64. The van der Waals surface area contributed by atoms with Crippen molar-refractivity contribution in [2.24, 2.45) is 5.92 Å².